The number of aliphatic hydroxyl groups is 4. The molecule has 2 heterocycles. The minimum absolute atomic E-state index is 0.00734. The second kappa shape index (κ2) is 9.34. The van der Waals surface area contributed by atoms with Crippen LogP contribution in [-0.2, 0) is 21.8 Å². The average molecular weight is 485 g/mol. The van der Waals surface area contributed by atoms with Gasteiger partial charge in [-0.3, -0.25) is 9.78 Å². The smallest absolute Gasteiger partial charge is 0.345 e. The summed E-state index contributed by atoms with van der Waals surface area (Å²) in [5.74, 6) is -8.96. The van der Waals surface area contributed by atoms with Crippen LogP contribution in [0.4, 0.5) is 4.39 Å². The monoisotopic (exact) mass is 485 g/mol. The normalized spacial score (nSPS) is 28.9. The second-order valence-corrected chi connectivity index (χ2v) is 7.49. The Morgan fingerprint density at radius 3 is 2.50 bits per heavy atom. The fourth-order valence-corrected chi connectivity index (χ4v) is 3.64. The molecule has 0 aliphatic carbocycles. The first-order valence-corrected chi connectivity index (χ1v) is 10.1. The van der Waals surface area contributed by atoms with Crippen molar-refractivity contribution in [3.63, 3.8) is 0 Å². The van der Waals surface area contributed by atoms with E-state index in [0.717, 1.165) is 0 Å². The molecule has 1 saturated heterocycles. The molecule has 2 aromatic rings. The van der Waals surface area contributed by atoms with Gasteiger partial charge in [0, 0.05) is 12.7 Å². The molecular weight excluding hydrogens is 461 g/mol. The van der Waals surface area contributed by atoms with Crippen molar-refractivity contribution in [1.29, 1.82) is 0 Å². The zero-order valence-corrected chi connectivity index (χ0v) is 17.9. The molecule has 6 N–H and O–H groups in total. The van der Waals surface area contributed by atoms with Crippen LogP contribution in [0.1, 0.15) is 22.8 Å². The second-order valence-electron chi connectivity index (χ2n) is 7.49. The Balaban J connectivity index is 2.13. The largest absolute Gasteiger partial charge is 0.462 e. The molecule has 1 aromatic carbocycles. The molecule has 1 aliphatic heterocycles. The third-order valence-corrected chi connectivity index (χ3v) is 5.43. The molecule has 4 atom stereocenters. The van der Waals surface area contributed by atoms with E-state index in [1.54, 1.807) is 35.3 Å². The lowest BCUT2D eigenvalue weighted by Gasteiger charge is -2.43. The maximum atomic E-state index is 15.5. The number of hydrogen-bond acceptors (Lipinski definition) is 11. The van der Waals surface area contributed by atoms with Gasteiger partial charge < -0.3 is 35.1 Å². The van der Waals surface area contributed by atoms with E-state index in [0.29, 0.717) is 11.8 Å². The number of nitrogens with zero attached hydrogens (tertiary/aromatic N) is 2. The van der Waals surface area contributed by atoms with Crippen LogP contribution in [0, 0.1) is 0 Å². The van der Waals surface area contributed by atoms with Crippen molar-refractivity contribution >= 4 is 5.97 Å². The molecule has 0 saturated carbocycles. The molecular formula is C20H24FN3O10. The standard InChI is InChI=1S/C20H24FN3O10/c1-2-33-16(27)13-10-23(17(28)22-15(13)26)20(31)19(30,18(21,29)14(11-25)34-20)24(32)9-8-12-6-4-3-5-7-12/h3-7,10,14,25,29-32H,2,8-9,11H2,1H3,(H,22,26,28)/t14-,18-,19-,20-/m1/s1. The molecule has 0 spiro atoms. The predicted molar refractivity (Wildman–Crippen MR) is 109 cm³/mol. The van der Waals surface area contributed by atoms with Gasteiger partial charge in [-0.2, -0.15) is 0 Å². The van der Waals surface area contributed by atoms with Crippen molar-refractivity contribution in [2.45, 2.75) is 36.9 Å². The minimum atomic E-state index is -4.07. The van der Waals surface area contributed by atoms with Gasteiger partial charge in [-0.1, -0.05) is 30.3 Å². The third kappa shape index (κ3) is 3.94. The topological polar surface area (TPSA) is 195 Å². The highest BCUT2D eigenvalue weighted by molar-refractivity contribution is 5.88. The molecule has 1 aromatic heterocycles. The number of alkyl halides is 1. The van der Waals surface area contributed by atoms with Crippen LogP contribution < -0.4 is 11.2 Å². The number of halogens is 1. The number of nitrogens with one attached hydrogen (secondary N) is 1. The number of benzene rings is 1. The maximum absolute atomic E-state index is 15.5. The highest BCUT2D eigenvalue weighted by Crippen LogP contribution is 2.50. The van der Waals surface area contributed by atoms with Gasteiger partial charge in [0.25, 0.3) is 17.1 Å². The molecule has 34 heavy (non-hydrogen) atoms. The molecule has 0 amide bonds. The predicted octanol–water partition coefficient (Wildman–Crippen LogP) is -2.01. The molecule has 1 fully saturated rings. The average Bonchev–Trinajstić information content (AvgIpc) is 2.96. The molecule has 1 aliphatic rings. The van der Waals surface area contributed by atoms with Crippen molar-refractivity contribution in [3.8, 4) is 0 Å². The first kappa shape index (κ1) is 25.6. The van der Waals surface area contributed by atoms with Gasteiger partial charge >= 0.3 is 17.6 Å². The number of hydrogen-bond donors (Lipinski definition) is 6. The number of carbonyl (C=O) groups excluding carboxylic acids is 1. The summed E-state index contributed by atoms with van der Waals surface area (Å²) in [7, 11) is 0. The maximum Gasteiger partial charge on any atom is 0.345 e. The summed E-state index contributed by atoms with van der Waals surface area (Å²) >= 11 is 0. The Labute approximate surface area is 190 Å². The zero-order chi connectivity index (χ0) is 25.3. The number of esters is 1. The molecule has 186 valence electrons. The lowest BCUT2D eigenvalue weighted by Crippen LogP contribution is -2.72. The van der Waals surface area contributed by atoms with Gasteiger partial charge in [0.05, 0.1) is 13.2 Å². The van der Waals surface area contributed by atoms with Crippen LogP contribution in [0.2, 0.25) is 0 Å². The Morgan fingerprint density at radius 2 is 1.91 bits per heavy atom. The summed E-state index contributed by atoms with van der Waals surface area (Å²) in [5.41, 5.74) is -6.81. The van der Waals surface area contributed by atoms with Crippen molar-refractivity contribution in [2.75, 3.05) is 19.8 Å². The van der Waals surface area contributed by atoms with Crippen molar-refractivity contribution in [3.05, 3.63) is 68.5 Å². The summed E-state index contributed by atoms with van der Waals surface area (Å²) in [6.45, 7) is -0.658. The summed E-state index contributed by atoms with van der Waals surface area (Å²) in [6.07, 6.45) is -2.01. The van der Waals surface area contributed by atoms with E-state index < -0.39 is 59.5 Å². The number of aromatic nitrogens is 2. The lowest BCUT2D eigenvalue weighted by molar-refractivity contribution is -0.433. The number of H-pyrrole nitrogens is 1. The lowest BCUT2D eigenvalue weighted by atomic mass is 9.97. The summed E-state index contributed by atoms with van der Waals surface area (Å²) < 4.78 is 25.1. The molecule has 0 radical (unpaired) electrons. The Kier molecular flexibility index (Phi) is 7.05. The van der Waals surface area contributed by atoms with E-state index in [2.05, 4.69) is 4.74 Å². The number of carbonyl (C=O) groups is 1. The summed E-state index contributed by atoms with van der Waals surface area (Å²) in [4.78, 5) is 38.3. The number of ether oxygens (including phenoxy) is 2. The van der Waals surface area contributed by atoms with Gasteiger partial charge in [-0.25, -0.2) is 18.5 Å². The van der Waals surface area contributed by atoms with Crippen molar-refractivity contribution < 1.29 is 44.3 Å². The summed E-state index contributed by atoms with van der Waals surface area (Å²) in [5, 5.41) is 52.6. The van der Waals surface area contributed by atoms with E-state index in [-0.39, 0.29) is 22.7 Å². The van der Waals surface area contributed by atoms with Gasteiger partial charge in [-0.05, 0) is 18.9 Å². The first-order chi connectivity index (χ1) is 15.9. The number of aromatic amines is 1. The Morgan fingerprint density at radius 1 is 1.26 bits per heavy atom. The SMILES string of the molecule is CCOC(=O)c1cn([C@]2(O)O[C@H](CO)[C@](O)(F)[C@]2(O)N(O)CCc2ccccc2)c(=O)[nH]c1=O. The molecule has 0 unspecified atom stereocenters. The molecule has 14 heteroatoms. The van der Waals surface area contributed by atoms with E-state index in [9.17, 15) is 40.0 Å². The Hall–Kier alpha value is -2.98. The molecule has 3 rings (SSSR count). The van der Waals surface area contributed by atoms with Gasteiger partial charge in [-0.15, -0.1) is 5.06 Å². The zero-order valence-electron chi connectivity index (χ0n) is 17.9. The highest BCUT2D eigenvalue weighted by Gasteiger charge is 2.79. The summed E-state index contributed by atoms with van der Waals surface area (Å²) in [6, 6.07) is 8.35. The highest BCUT2D eigenvalue weighted by atomic mass is 19.2. The van der Waals surface area contributed by atoms with Gasteiger partial charge in [0.15, 0.2) is 0 Å². The third-order valence-electron chi connectivity index (χ3n) is 5.43. The van der Waals surface area contributed by atoms with E-state index in [1.165, 1.54) is 6.92 Å². The molecule has 0 bridgehead atoms. The number of aliphatic hydroxyl groups excluding tert-OH is 1. The van der Waals surface area contributed by atoms with Crippen LogP contribution in [0.25, 0.3) is 0 Å². The van der Waals surface area contributed by atoms with Crippen LogP contribution in [0.15, 0.2) is 46.1 Å². The van der Waals surface area contributed by atoms with E-state index >= 15 is 4.39 Å². The number of hydroxylamine groups is 2. The fourth-order valence-electron chi connectivity index (χ4n) is 3.64. The van der Waals surface area contributed by atoms with Crippen LogP contribution >= 0.6 is 0 Å². The minimum Gasteiger partial charge on any atom is -0.462 e. The van der Waals surface area contributed by atoms with Crippen LogP contribution in [0.3, 0.4) is 0 Å². The van der Waals surface area contributed by atoms with Crippen molar-refractivity contribution in [2.24, 2.45) is 0 Å². The fraction of sp³-hybridized carbons (Fsp3) is 0.450. The van der Waals surface area contributed by atoms with Gasteiger partial charge in [0.1, 0.15) is 11.7 Å². The van der Waals surface area contributed by atoms with E-state index in [4.69, 9.17) is 4.74 Å². The Bertz CT molecular complexity index is 1150. The molecule has 13 nitrogen and oxygen atoms in total. The van der Waals surface area contributed by atoms with Gasteiger partial charge in [0.2, 0.25) is 0 Å². The van der Waals surface area contributed by atoms with E-state index in [1.807, 2.05) is 0 Å². The van der Waals surface area contributed by atoms with Crippen LogP contribution in [0.5, 0.6) is 0 Å². The van der Waals surface area contributed by atoms with Crippen molar-refractivity contribution in [1.82, 2.24) is 14.6 Å². The quantitative estimate of drug-likeness (QED) is 0.137. The first-order valence-electron chi connectivity index (χ1n) is 10.1. The number of rotatable bonds is 8. The van der Waals surface area contributed by atoms with Crippen LogP contribution in [-0.4, -0.2) is 83.7 Å².